The number of nitrogens with zero attached hydrogens (tertiary/aromatic N) is 4. The summed E-state index contributed by atoms with van der Waals surface area (Å²) in [4.78, 5) is 77.3. The molecule has 1 saturated heterocycles. The molecule has 0 bridgehead atoms. The van der Waals surface area contributed by atoms with Gasteiger partial charge in [0.1, 0.15) is 42.0 Å². The van der Waals surface area contributed by atoms with Gasteiger partial charge in [-0.1, -0.05) is 38.1 Å². The molecule has 0 spiro atoms. The number of phosphoric acid groups is 3. The van der Waals surface area contributed by atoms with Crippen LogP contribution in [0.15, 0.2) is 53.9 Å². The zero-order valence-corrected chi connectivity index (χ0v) is 36.3. The smallest absolute Gasteiger partial charge is 0.481 e. The van der Waals surface area contributed by atoms with Crippen LogP contribution in [-0.4, -0.2) is 123 Å². The number of thioether (sulfide) groups is 1. The highest BCUT2D eigenvalue weighted by Gasteiger charge is 2.50. The number of phenols is 1. The number of fused-ring (bicyclic) bond motifs is 4. The number of phenolic OH excluding ortho intramolecular Hbond substituents is 1. The van der Waals surface area contributed by atoms with Crippen LogP contribution in [0.5, 0.6) is 5.75 Å². The van der Waals surface area contributed by atoms with Gasteiger partial charge in [0.2, 0.25) is 11.8 Å². The number of imidazole rings is 1. The van der Waals surface area contributed by atoms with Crippen LogP contribution in [-0.2, 0) is 52.3 Å². The Kier molecular flexibility index (Phi) is 14.6. The van der Waals surface area contributed by atoms with Crippen LogP contribution >= 0.6 is 35.2 Å². The first kappa shape index (κ1) is 47.6. The molecule has 3 heterocycles. The van der Waals surface area contributed by atoms with Crippen molar-refractivity contribution in [2.75, 3.05) is 37.8 Å². The van der Waals surface area contributed by atoms with Gasteiger partial charge in [-0.25, -0.2) is 28.6 Å². The summed E-state index contributed by atoms with van der Waals surface area (Å²) in [6.07, 6.45) is -6.16. The van der Waals surface area contributed by atoms with E-state index in [0.29, 0.717) is 5.75 Å². The van der Waals surface area contributed by atoms with E-state index in [9.17, 15) is 58.2 Å². The summed E-state index contributed by atoms with van der Waals surface area (Å²) in [5, 5.41) is 37.0. The van der Waals surface area contributed by atoms with Crippen molar-refractivity contribution in [1.29, 1.82) is 0 Å². The van der Waals surface area contributed by atoms with E-state index in [-0.39, 0.29) is 42.2 Å². The Morgan fingerprint density at radius 2 is 1.76 bits per heavy atom. The van der Waals surface area contributed by atoms with E-state index in [1.807, 2.05) is 24.3 Å². The number of nitrogen functional groups attached to an aromatic ring is 1. The highest BCUT2D eigenvalue weighted by atomic mass is 32.2. The molecule has 28 heteroatoms. The number of ether oxygens (including phenoxy) is 1. The maximum atomic E-state index is 12.7. The molecule has 1 fully saturated rings. The molecule has 2 aliphatic rings. The second kappa shape index (κ2) is 19.1. The number of aliphatic hydroxyl groups excluding tert-OH is 2. The summed E-state index contributed by atoms with van der Waals surface area (Å²) in [6.45, 7) is 0.626. The Bertz CT molecular complexity index is 2460. The summed E-state index contributed by atoms with van der Waals surface area (Å²) >= 11 is 1.48. The van der Waals surface area contributed by atoms with Gasteiger partial charge in [-0.05, 0) is 40.8 Å². The molecule has 338 valence electrons. The van der Waals surface area contributed by atoms with Crippen LogP contribution in [0, 0.1) is 5.41 Å². The van der Waals surface area contributed by atoms with Crippen molar-refractivity contribution < 1.29 is 80.8 Å². The predicted molar refractivity (Wildman–Crippen MR) is 217 cm³/mol. The minimum atomic E-state index is -5.58. The Balaban J connectivity index is 0.931. The van der Waals surface area contributed by atoms with Crippen molar-refractivity contribution >= 4 is 64.0 Å². The maximum Gasteiger partial charge on any atom is 0.481 e. The molecule has 11 N–H and O–H groups in total. The average molecular weight is 948 g/mol. The van der Waals surface area contributed by atoms with E-state index < -0.39 is 84.6 Å². The summed E-state index contributed by atoms with van der Waals surface area (Å²) in [7, 11) is -16.4. The summed E-state index contributed by atoms with van der Waals surface area (Å²) < 4.78 is 62.4. The van der Waals surface area contributed by atoms with E-state index in [1.165, 1.54) is 31.2 Å². The van der Waals surface area contributed by atoms with Gasteiger partial charge in [-0.2, -0.15) is 4.31 Å². The predicted octanol–water partition coefficient (Wildman–Crippen LogP) is 1.47. The summed E-state index contributed by atoms with van der Waals surface area (Å²) in [5.74, 6) is -0.753. The van der Waals surface area contributed by atoms with Crippen LogP contribution in [0.25, 0.3) is 22.3 Å². The highest BCUT2D eigenvalue weighted by molar-refractivity contribution is 7.99. The van der Waals surface area contributed by atoms with E-state index >= 15 is 0 Å². The maximum absolute atomic E-state index is 12.7. The molecule has 2 aromatic carbocycles. The standard InChI is InChI=1S/C34H44N7O17P3S/c1-34(2,29(45)32(46)37-8-7-25(43)36-9-10-62-24-13-19(42)12-21-20-6-4-3-5-18(20)11-22(21)24)15-55-61(52,53)58-60(50,51)54-14-23-28(57-59(47,48)49)27(44)33(56-23)41-17-40-26-30(35)38-16-39-31(26)41/h3-6,12-13,16-17,23,27-29,33,42,44-45H,7-11,14-15H2,1-2H3,(H,36,43)(H,37,46)(H,50,51)(H,52,53)(H2,35,38,39)(H2,47,48,49)/t23-,27-,28-,29+,33-/m1/s1. The van der Waals surface area contributed by atoms with Gasteiger partial charge in [0.05, 0.1) is 19.5 Å². The van der Waals surface area contributed by atoms with Crippen molar-refractivity contribution in [3.63, 3.8) is 0 Å². The number of anilines is 1. The van der Waals surface area contributed by atoms with Crippen LogP contribution in [0.3, 0.4) is 0 Å². The number of nitrogens with one attached hydrogen (secondary N) is 2. The third kappa shape index (κ3) is 11.6. The zero-order valence-electron chi connectivity index (χ0n) is 32.8. The molecule has 1 aliphatic carbocycles. The fraction of sp³-hybridized carbons (Fsp3) is 0.441. The van der Waals surface area contributed by atoms with Gasteiger partial charge in [0.15, 0.2) is 17.7 Å². The van der Waals surface area contributed by atoms with Crippen molar-refractivity contribution in [3.8, 4) is 16.9 Å². The third-order valence-corrected chi connectivity index (χ3v) is 13.8. The Morgan fingerprint density at radius 1 is 1.03 bits per heavy atom. The number of carbonyl (C=O) groups excluding carboxylic acids is 2. The number of aliphatic hydroxyl groups is 2. The molecule has 1 aliphatic heterocycles. The minimum absolute atomic E-state index is 0.0317. The number of nitrogens with two attached hydrogens (primary N) is 1. The largest absolute Gasteiger partial charge is 0.508 e. The van der Waals surface area contributed by atoms with E-state index in [4.69, 9.17) is 19.5 Å². The fourth-order valence-electron chi connectivity index (χ4n) is 6.60. The van der Waals surface area contributed by atoms with Gasteiger partial charge in [-0.15, -0.1) is 11.8 Å². The topological polar surface area (TPSA) is 367 Å². The summed E-state index contributed by atoms with van der Waals surface area (Å²) in [6, 6.07) is 11.4. The number of phosphoric ester groups is 3. The van der Waals surface area contributed by atoms with E-state index in [0.717, 1.165) is 45.2 Å². The Labute approximate surface area is 356 Å². The minimum Gasteiger partial charge on any atom is -0.508 e. The molecule has 24 nitrogen and oxygen atoms in total. The van der Waals surface area contributed by atoms with Gasteiger partial charge < -0.3 is 56.0 Å². The van der Waals surface area contributed by atoms with Crippen LogP contribution < -0.4 is 16.4 Å². The Hall–Kier alpha value is -3.87. The average Bonchev–Trinajstić information content (AvgIpc) is 3.87. The van der Waals surface area contributed by atoms with Crippen molar-refractivity contribution in [2.24, 2.45) is 5.41 Å². The molecule has 2 unspecified atom stereocenters. The number of amides is 2. The SMILES string of the molecule is CC(C)(COP(=O)(O)OP(=O)(O)OC[C@H]1O[C@@H](n2cnc3c(N)ncnc32)[C@H](O)[C@@H]1OP(=O)(O)O)[C@@H](O)C(=O)NCCC(=O)NCCSc1cc(O)cc2c1Cc1ccccc1-2. The number of aromatic hydroxyl groups is 1. The first-order chi connectivity index (χ1) is 29.0. The van der Waals surface area contributed by atoms with E-state index in [2.05, 4.69) is 34.4 Å². The summed E-state index contributed by atoms with van der Waals surface area (Å²) in [5.41, 5.74) is 8.60. The van der Waals surface area contributed by atoms with Crippen LogP contribution in [0.2, 0.25) is 0 Å². The van der Waals surface area contributed by atoms with Crippen molar-refractivity contribution in [3.05, 3.63) is 60.2 Å². The lowest BCUT2D eigenvalue weighted by molar-refractivity contribution is -0.137. The molecular formula is C34H44N7O17P3S. The first-order valence-corrected chi connectivity index (χ1v) is 24.0. The lowest BCUT2D eigenvalue weighted by atomic mass is 9.87. The third-order valence-electron chi connectivity index (χ3n) is 9.63. The van der Waals surface area contributed by atoms with Crippen molar-refractivity contribution in [2.45, 2.75) is 62.2 Å². The van der Waals surface area contributed by atoms with Gasteiger partial charge in [0.25, 0.3) is 0 Å². The van der Waals surface area contributed by atoms with Gasteiger partial charge in [-0.3, -0.25) is 27.7 Å². The molecule has 62 heavy (non-hydrogen) atoms. The van der Waals surface area contributed by atoms with E-state index in [1.54, 1.807) is 12.1 Å². The van der Waals surface area contributed by atoms with Gasteiger partial charge >= 0.3 is 23.5 Å². The second-order valence-electron chi connectivity index (χ2n) is 14.7. The quantitative estimate of drug-likeness (QED) is 0.0300. The number of hydrogen-bond acceptors (Lipinski definition) is 18. The molecule has 6 rings (SSSR count). The molecule has 2 amide bonds. The second-order valence-corrected chi connectivity index (χ2v) is 20.1. The number of benzene rings is 2. The number of carbonyl (C=O) groups is 2. The van der Waals surface area contributed by atoms with Crippen LogP contribution in [0.4, 0.5) is 5.82 Å². The lowest BCUT2D eigenvalue weighted by Gasteiger charge is -2.30. The number of hydrogen-bond donors (Lipinski definition) is 10. The zero-order chi connectivity index (χ0) is 45.2. The molecule has 4 aromatic rings. The monoisotopic (exact) mass is 947 g/mol. The number of rotatable bonds is 20. The van der Waals surface area contributed by atoms with Crippen LogP contribution in [0.1, 0.15) is 37.6 Å². The van der Waals surface area contributed by atoms with Gasteiger partial charge in [0, 0.05) is 35.6 Å². The molecule has 0 radical (unpaired) electrons. The fourth-order valence-corrected chi connectivity index (χ4v) is 10.4. The molecular weight excluding hydrogens is 903 g/mol. The first-order valence-electron chi connectivity index (χ1n) is 18.5. The lowest BCUT2D eigenvalue weighted by Crippen LogP contribution is -2.46. The number of aromatic nitrogens is 4. The van der Waals surface area contributed by atoms with Crippen molar-refractivity contribution in [1.82, 2.24) is 30.2 Å². The molecule has 0 saturated carbocycles. The highest BCUT2D eigenvalue weighted by Crippen LogP contribution is 2.61. The normalized spacial score (nSPS) is 21.2. The Morgan fingerprint density at radius 3 is 2.50 bits per heavy atom. The molecule has 2 aromatic heterocycles. The molecule has 7 atom stereocenters.